The molecule has 2 aromatic heterocycles. The molecular weight excluding hydrogens is 310 g/mol. The van der Waals surface area contributed by atoms with Crippen molar-refractivity contribution in [3.05, 3.63) is 23.9 Å². The normalized spacial score (nSPS) is 18.3. The van der Waals surface area contributed by atoms with Gasteiger partial charge in [0.05, 0.1) is 5.56 Å². The summed E-state index contributed by atoms with van der Waals surface area (Å²) in [5.74, 6) is 2.62. The number of carbonyl (C=O) groups excluding carboxylic acids is 1. The summed E-state index contributed by atoms with van der Waals surface area (Å²) < 4.78 is 3.38. The minimum Gasteiger partial charge on any atom is -0.383 e. The molecule has 6 nitrogen and oxygen atoms in total. The molecule has 2 N–H and O–H groups in total. The Morgan fingerprint density at radius 2 is 2.22 bits per heavy atom. The highest BCUT2D eigenvalue weighted by molar-refractivity contribution is 7.99. The number of nitrogens with zero attached hydrogens (tertiary/aromatic N) is 4. The number of Topliss-reactive ketones (excluding diaryl/α,β-unsaturated/α-hetero) is 1. The fourth-order valence-corrected chi connectivity index (χ4v) is 3.71. The van der Waals surface area contributed by atoms with Gasteiger partial charge in [-0.15, -0.1) is 11.8 Å². The van der Waals surface area contributed by atoms with Gasteiger partial charge in [-0.05, 0) is 17.2 Å². The highest BCUT2D eigenvalue weighted by Gasteiger charge is 2.26. The van der Waals surface area contributed by atoms with Crippen LogP contribution in [0.3, 0.4) is 0 Å². The predicted molar refractivity (Wildman–Crippen MR) is 92.5 cm³/mol. The van der Waals surface area contributed by atoms with Crippen LogP contribution in [0.25, 0.3) is 11.4 Å². The number of aromatic nitrogens is 4. The van der Waals surface area contributed by atoms with Gasteiger partial charge in [0, 0.05) is 32.2 Å². The molecule has 1 aliphatic carbocycles. The third kappa shape index (κ3) is 3.06. The van der Waals surface area contributed by atoms with Gasteiger partial charge in [-0.25, -0.2) is 0 Å². The first-order valence-corrected chi connectivity index (χ1v) is 8.72. The number of rotatable bonds is 4. The number of anilines is 1. The maximum Gasteiger partial charge on any atom is 0.177 e. The van der Waals surface area contributed by atoms with Crippen molar-refractivity contribution >= 4 is 28.9 Å². The Kier molecular flexibility index (Phi) is 4.30. The van der Waals surface area contributed by atoms with E-state index in [2.05, 4.69) is 30.1 Å². The smallest absolute Gasteiger partial charge is 0.177 e. The van der Waals surface area contributed by atoms with Crippen LogP contribution in [0.15, 0.2) is 23.4 Å². The zero-order valence-corrected chi connectivity index (χ0v) is 14.4. The fourth-order valence-electron chi connectivity index (χ4n) is 2.92. The van der Waals surface area contributed by atoms with E-state index >= 15 is 0 Å². The predicted octanol–water partition coefficient (Wildman–Crippen LogP) is 2.68. The number of nitrogens with two attached hydrogens (primary N) is 1. The molecule has 7 heteroatoms. The van der Waals surface area contributed by atoms with E-state index in [-0.39, 0.29) is 11.7 Å². The summed E-state index contributed by atoms with van der Waals surface area (Å²) in [5, 5.41) is 9.87. The van der Waals surface area contributed by atoms with Crippen molar-refractivity contribution in [2.24, 2.45) is 13.0 Å². The van der Waals surface area contributed by atoms with Crippen molar-refractivity contribution in [3.63, 3.8) is 0 Å². The Hall–Kier alpha value is -2.02. The van der Waals surface area contributed by atoms with Crippen LogP contribution < -0.4 is 5.73 Å². The molecule has 0 saturated heterocycles. The van der Waals surface area contributed by atoms with Gasteiger partial charge >= 0.3 is 0 Å². The molecule has 2 aromatic rings. The molecule has 0 aliphatic heterocycles. The molecule has 3 rings (SSSR count). The molecular formula is C16H21N5OS. The number of aryl methyl sites for hydroxylation is 1. The van der Waals surface area contributed by atoms with Crippen molar-refractivity contribution in [2.75, 3.05) is 11.5 Å². The van der Waals surface area contributed by atoms with E-state index in [0.29, 0.717) is 24.5 Å². The lowest BCUT2D eigenvalue weighted by molar-refractivity contribution is -0.118. The van der Waals surface area contributed by atoms with Gasteiger partial charge in [-0.2, -0.15) is 14.9 Å². The van der Waals surface area contributed by atoms with Gasteiger partial charge in [-0.3, -0.25) is 9.48 Å². The number of nitrogen functional groups attached to an aromatic ring is 1. The number of hydrogen-bond acceptors (Lipinski definition) is 5. The van der Waals surface area contributed by atoms with Crippen LogP contribution in [-0.4, -0.2) is 31.1 Å². The Labute approximate surface area is 139 Å². The van der Waals surface area contributed by atoms with Crippen LogP contribution in [0.4, 0.5) is 5.82 Å². The van der Waals surface area contributed by atoms with E-state index in [0.717, 1.165) is 21.9 Å². The average molecular weight is 331 g/mol. The lowest BCUT2D eigenvalue weighted by Crippen LogP contribution is -2.12. The van der Waals surface area contributed by atoms with Crippen LogP contribution in [0.5, 0.6) is 0 Å². The van der Waals surface area contributed by atoms with E-state index in [9.17, 15) is 4.79 Å². The number of hydrogen-bond donors (Lipinski definition) is 1. The Bertz CT molecular complexity index is 774. The quantitative estimate of drug-likeness (QED) is 0.872. The van der Waals surface area contributed by atoms with E-state index in [1.807, 2.05) is 19.3 Å². The molecule has 122 valence electrons. The number of carbonyl (C=O) groups is 1. The average Bonchev–Trinajstić information content (AvgIpc) is 3.02. The maximum absolute atomic E-state index is 12.0. The first-order chi connectivity index (χ1) is 11.0. The minimum absolute atomic E-state index is 0.239. The van der Waals surface area contributed by atoms with Gasteiger partial charge in [-0.1, -0.05) is 19.9 Å². The second-order valence-electron chi connectivity index (χ2n) is 5.85. The highest BCUT2D eigenvalue weighted by Crippen LogP contribution is 2.38. The van der Waals surface area contributed by atoms with Crippen molar-refractivity contribution in [2.45, 2.75) is 31.7 Å². The summed E-state index contributed by atoms with van der Waals surface area (Å²) in [6.07, 6.45) is 5.04. The molecule has 0 radical (unpaired) electrons. The molecule has 0 saturated carbocycles. The molecule has 0 fully saturated rings. The van der Waals surface area contributed by atoms with Crippen molar-refractivity contribution in [3.8, 4) is 5.82 Å². The highest BCUT2D eigenvalue weighted by atomic mass is 32.2. The number of allylic oxidation sites excluding steroid dienone is 2. The molecule has 0 amide bonds. The summed E-state index contributed by atoms with van der Waals surface area (Å²) >= 11 is 1.64. The molecule has 1 unspecified atom stereocenters. The lowest BCUT2D eigenvalue weighted by Gasteiger charge is -2.17. The van der Waals surface area contributed by atoms with Crippen LogP contribution in [-0.2, 0) is 11.8 Å². The van der Waals surface area contributed by atoms with Gasteiger partial charge in [0.15, 0.2) is 5.82 Å². The third-order valence-corrected chi connectivity index (χ3v) is 4.68. The molecule has 1 atom stereocenters. The van der Waals surface area contributed by atoms with Gasteiger partial charge < -0.3 is 5.73 Å². The van der Waals surface area contributed by atoms with Gasteiger partial charge in [0.25, 0.3) is 0 Å². The maximum atomic E-state index is 12.0. The number of ketones is 1. The first kappa shape index (κ1) is 15.9. The van der Waals surface area contributed by atoms with E-state index in [4.69, 9.17) is 5.73 Å². The minimum atomic E-state index is 0.239. The van der Waals surface area contributed by atoms with Gasteiger partial charge in [0.2, 0.25) is 0 Å². The third-order valence-electron chi connectivity index (χ3n) is 3.83. The number of thioether (sulfide) groups is 1. The van der Waals surface area contributed by atoms with Crippen LogP contribution >= 0.6 is 11.8 Å². The summed E-state index contributed by atoms with van der Waals surface area (Å²) in [7, 11) is 1.86. The summed E-state index contributed by atoms with van der Waals surface area (Å²) in [6, 6.07) is 1.87. The second kappa shape index (κ2) is 6.23. The second-order valence-corrected chi connectivity index (χ2v) is 7.10. The summed E-state index contributed by atoms with van der Waals surface area (Å²) in [6.45, 7) is 4.14. The summed E-state index contributed by atoms with van der Waals surface area (Å²) in [5.41, 5.74) is 8.26. The molecule has 2 heterocycles. The monoisotopic (exact) mass is 331 g/mol. The van der Waals surface area contributed by atoms with E-state index < -0.39 is 0 Å². The van der Waals surface area contributed by atoms with Crippen LogP contribution in [0.1, 0.15) is 32.3 Å². The Morgan fingerprint density at radius 3 is 2.83 bits per heavy atom. The molecule has 0 spiro atoms. The van der Waals surface area contributed by atoms with Gasteiger partial charge in [0.1, 0.15) is 16.6 Å². The largest absolute Gasteiger partial charge is 0.383 e. The van der Waals surface area contributed by atoms with Crippen molar-refractivity contribution < 1.29 is 4.79 Å². The molecule has 23 heavy (non-hydrogen) atoms. The first-order valence-electron chi connectivity index (χ1n) is 7.73. The zero-order valence-electron chi connectivity index (χ0n) is 13.6. The SMILES string of the molecule is CCSc1nn(-c2ccn(C)n2)c(N)c1C1=CC(C)CC(=O)C1. The molecule has 0 aromatic carbocycles. The van der Waals surface area contributed by atoms with Crippen LogP contribution in [0, 0.1) is 5.92 Å². The molecule has 0 bridgehead atoms. The Morgan fingerprint density at radius 1 is 1.43 bits per heavy atom. The van der Waals surface area contributed by atoms with E-state index in [1.165, 1.54) is 0 Å². The van der Waals surface area contributed by atoms with Crippen LogP contribution in [0.2, 0.25) is 0 Å². The van der Waals surface area contributed by atoms with Crippen molar-refractivity contribution in [1.29, 1.82) is 0 Å². The topological polar surface area (TPSA) is 78.7 Å². The lowest BCUT2D eigenvalue weighted by atomic mass is 9.88. The standard InChI is InChI=1S/C16H21N5OS/c1-4-23-16-14(11-7-10(2)8-12(22)9-11)15(17)21(19-16)13-5-6-20(3)18-13/h5-7,10H,4,8-9,17H2,1-3H3. The zero-order chi connectivity index (χ0) is 16.6. The summed E-state index contributed by atoms with van der Waals surface area (Å²) in [4.78, 5) is 12.0. The fraction of sp³-hybridized carbons (Fsp3) is 0.438. The Balaban J connectivity index is 2.12. The molecule has 1 aliphatic rings. The van der Waals surface area contributed by atoms with Crippen molar-refractivity contribution in [1.82, 2.24) is 19.6 Å². The van der Waals surface area contributed by atoms with E-state index in [1.54, 1.807) is 21.1 Å².